The number of β-amino-alcohol motifs (C(OH)–C–C–N with tert-alkyl or cyclic N) is 1. The van der Waals surface area contributed by atoms with E-state index in [1.165, 1.54) is 24.2 Å². The minimum Gasteiger partial charge on any atom is -0.492 e. The molecule has 0 radical (unpaired) electrons. The predicted molar refractivity (Wildman–Crippen MR) is 137 cm³/mol. The summed E-state index contributed by atoms with van der Waals surface area (Å²) in [4.78, 5) is 38.9. The van der Waals surface area contributed by atoms with Crippen LogP contribution in [0.15, 0.2) is 18.5 Å². The van der Waals surface area contributed by atoms with Crippen LogP contribution in [0.4, 0.5) is 4.39 Å². The van der Waals surface area contributed by atoms with Gasteiger partial charge in [-0.2, -0.15) is 0 Å². The van der Waals surface area contributed by atoms with Crippen LogP contribution in [0.3, 0.4) is 0 Å². The number of rotatable bonds is 7. The summed E-state index contributed by atoms with van der Waals surface area (Å²) in [7, 11) is 0. The van der Waals surface area contributed by atoms with Crippen molar-refractivity contribution < 1.29 is 28.9 Å². The Hall–Kier alpha value is -3.57. The number of nitrogens with zero attached hydrogens (tertiary/aromatic N) is 3. The minimum atomic E-state index is -1.15. The number of aryl methyl sites for hydroxylation is 2. The van der Waals surface area contributed by atoms with E-state index in [0.717, 1.165) is 12.8 Å². The highest BCUT2D eigenvalue weighted by Gasteiger charge is 2.33. The highest BCUT2D eigenvalue weighted by atomic mass is 19.1. The maximum atomic E-state index is 14.4. The van der Waals surface area contributed by atoms with Crippen LogP contribution in [0.5, 0.6) is 5.75 Å². The fourth-order valence-electron chi connectivity index (χ4n) is 4.87. The van der Waals surface area contributed by atoms with Gasteiger partial charge in [-0.3, -0.25) is 9.59 Å². The van der Waals surface area contributed by atoms with Crippen LogP contribution in [0, 0.1) is 25.6 Å². The molecule has 4 N–H and O–H groups in total. The molecule has 11 heteroatoms. The SMILES string of the molecule is Cc1cc(-c2ncnc3c(C(=O)N[C@H]4CCN(C(=O)[C@H](C)O)C[C@@H]4O)c(C)[nH]c23)c(OCC2CC2)cc1F. The molecule has 5 rings (SSSR count). The monoisotopic (exact) mass is 525 g/mol. The second-order valence-corrected chi connectivity index (χ2v) is 10.3. The first-order chi connectivity index (χ1) is 18.1. The lowest BCUT2D eigenvalue weighted by atomic mass is 10.0. The third-order valence-corrected chi connectivity index (χ3v) is 7.25. The Balaban J connectivity index is 1.42. The van der Waals surface area contributed by atoms with Crippen molar-refractivity contribution in [3.63, 3.8) is 0 Å². The summed E-state index contributed by atoms with van der Waals surface area (Å²) >= 11 is 0. The lowest BCUT2D eigenvalue weighted by Crippen LogP contribution is -2.56. The maximum Gasteiger partial charge on any atom is 0.255 e. The molecule has 3 heterocycles. The summed E-state index contributed by atoms with van der Waals surface area (Å²) in [5.41, 5.74) is 3.35. The molecule has 1 aliphatic heterocycles. The van der Waals surface area contributed by atoms with E-state index in [-0.39, 0.29) is 12.4 Å². The van der Waals surface area contributed by atoms with Gasteiger partial charge in [0.1, 0.15) is 35.2 Å². The number of carbonyl (C=O) groups excluding carboxylic acids is 2. The number of ether oxygens (including phenoxy) is 1. The number of carbonyl (C=O) groups is 2. The van der Waals surface area contributed by atoms with Crippen LogP contribution in [-0.4, -0.2) is 79.8 Å². The van der Waals surface area contributed by atoms with Crippen molar-refractivity contribution in [1.82, 2.24) is 25.2 Å². The number of aliphatic hydroxyl groups excluding tert-OH is 2. The van der Waals surface area contributed by atoms with Crippen molar-refractivity contribution in [1.29, 1.82) is 0 Å². The van der Waals surface area contributed by atoms with E-state index in [1.807, 2.05) is 0 Å². The maximum absolute atomic E-state index is 14.4. The van der Waals surface area contributed by atoms with Gasteiger partial charge in [-0.15, -0.1) is 0 Å². The number of amides is 2. The predicted octanol–water partition coefficient (Wildman–Crippen LogP) is 2.24. The normalized spacial score (nSPS) is 20.4. The van der Waals surface area contributed by atoms with Crippen molar-refractivity contribution in [2.24, 2.45) is 5.92 Å². The Morgan fingerprint density at radius 1 is 1.26 bits per heavy atom. The van der Waals surface area contributed by atoms with Crippen molar-refractivity contribution in [2.45, 2.75) is 58.3 Å². The highest BCUT2D eigenvalue weighted by Crippen LogP contribution is 2.37. The molecular weight excluding hydrogens is 493 g/mol. The van der Waals surface area contributed by atoms with Gasteiger partial charge in [-0.1, -0.05) is 0 Å². The van der Waals surface area contributed by atoms with Crippen molar-refractivity contribution in [2.75, 3.05) is 19.7 Å². The summed E-state index contributed by atoms with van der Waals surface area (Å²) in [5, 5.41) is 23.0. The number of aliphatic hydroxyl groups is 2. The molecule has 2 aliphatic rings. The standard InChI is InChI=1S/C27H32FN5O5/c1-13-8-17(21(9-18(13)28)38-11-16-4-5-16)23-25-24(30-12-29-23)22(14(2)31-25)26(36)32-19-6-7-33(10-20(19)35)27(37)15(3)34/h8-9,12,15-16,19-20,31,34-35H,4-7,10-11H2,1-3H3,(H,32,36)/t15-,19-,20-/m0/s1. The average molecular weight is 526 g/mol. The first kappa shape index (κ1) is 26.1. The smallest absolute Gasteiger partial charge is 0.255 e. The van der Waals surface area contributed by atoms with E-state index in [4.69, 9.17) is 4.74 Å². The molecule has 3 aromatic rings. The Kier molecular flexibility index (Phi) is 7.06. The first-order valence-electron chi connectivity index (χ1n) is 12.9. The number of halogens is 1. The van der Waals surface area contributed by atoms with Gasteiger partial charge in [0.05, 0.1) is 29.8 Å². The van der Waals surface area contributed by atoms with Gasteiger partial charge in [-0.25, -0.2) is 14.4 Å². The van der Waals surface area contributed by atoms with Gasteiger partial charge in [0.15, 0.2) is 0 Å². The molecule has 1 aromatic carbocycles. The fourth-order valence-corrected chi connectivity index (χ4v) is 4.87. The second kappa shape index (κ2) is 10.3. The molecule has 2 fully saturated rings. The van der Waals surface area contributed by atoms with Crippen LogP contribution in [0.1, 0.15) is 47.8 Å². The molecule has 0 spiro atoms. The lowest BCUT2D eigenvalue weighted by molar-refractivity contribution is -0.142. The molecule has 10 nitrogen and oxygen atoms in total. The molecule has 0 bridgehead atoms. The third kappa shape index (κ3) is 5.08. The molecule has 0 unspecified atom stereocenters. The Bertz CT molecular complexity index is 1390. The van der Waals surface area contributed by atoms with Crippen molar-refractivity contribution >= 4 is 22.8 Å². The summed E-state index contributed by atoms with van der Waals surface area (Å²) in [6.45, 7) is 5.63. The van der Waals surface area contributed by atoms with Crippen LogP contribution in [0.2, 0.25) is 0 Å². The van der Waals surface area contributed by atoms with Crippen LogP contribution in [-0.2, 0) is 4.79 Å². The van der Waals surface area contributed by atoms with Gasteiger partial charge < -0.3 is 30.2 Å². The summed E-state index contributed by atoms with van der Waals surface area (Å²) in [5.74, 6) is -0.375. The number of hydrogen-bond donors (Lipinski definition) is 4. The van der Waals surface area contributed by atoms with Crippen LogP contribution < -0.4 is 10.1 Å². The second-order valence-electron chi connectivity index (χ2n) is 10.3. The summed E-state index contributed by atoms with van der Waals surface area (Å²) in [6, 6.07) is 2.49. The van der Waals surface area contributed by atoms with E-state index in [9.17, 15) is 24.2 Å². The summed E-state index contributed by atoms with van der Waals surface area (Å²) < 4.78 is 20.4. The van der Waals surface area contributed by atoms with Gasteiger partial charge >= 0.3 is 0 Å². The van der Waals surface area contributed by atoms with E-state index in [1.54, 1.807) is 19.9 Å². The van der Waals surface area contributed by atoms with E-state index < -0.39 is 30.1 Å². The highest BCUT2D eigenvalue weighted by molar-refractivity contribution is 6.09. The molecular formula is C27H32FN5O5. The molecule has 202 valence electrons. The topological polar surface area (TPSA) is 141 Å². The average Bonchev–Trinajstić information content (AvgIpc) is 3.64. The van der Waals surface area contributed by atoms with E-state index in [2.05, 4.69) is 20.3 Å². The molecule has 3 atom stereocenters. The number of aromatic amines is 1. The molecule has 2 amide bonds. The number of piperidine rings is 1. The van der Waals surface area contributed by atoms with Crippen LogP contribution >= 0.6 is 0 Å². The summed E-state index contributed by atoms with van der Waals surface area (Å²) in [6.07, 6.45) is 1.75. The number of benzene rings is 1. The number of likely N-dealkylation sites (tertiary alicyclic amines) is 1. The van der Waals surface area contributed by atoms with Gasteiger partial charge in [-0.05, 0) is 57.6 Å². The first-order valence-corrected chi connectivity index (χ1v) is 12.9. The molecule has 38 heavy (non-hydrogen) atoms. The van der Waals surface area contributed by atoms with Gasteiger partial charge in [0, 0.05) is 30.4 Å². The zero-order chi connectivity index (χ0) is 27.1. The number of nitrogens with one attached hydrogen (secondary N) is 2. The fraction of sp³-hybridized carbons (Fsp3) is 0.481. The lowest BCUT2D eigenvalue weighted by Gasteiger charge is -2.36. The molecule has 1 saturated carbocycles. The Morgan fingerprint density at radius 3 is 2.71 bits per heavy atom. The number of hydrogen-bond acceptors (Lipinski definition) is 7. The van der Waals surface area contributed by atoms with E-state index >= 15 is 0 Å². The van der Waals surface area contributed by atoms with Gasteiger partial charge in [0.25, 0.3) is 11.8 Å². The molecule has 1 saturated heterocycles. The van der Waals surface area contributed by atoms with E-state index in [0.29, 0.717) is 70.4 Å². The van der Waals surface area contributed by atoms with Crippen molar-refractivity contribution in [3.05, 3.63) is 41.1 Å². The van der Waals surface area contributed by atoms with Gasteiger partial charge in [0.2, 0.25) is 0 Å². The van der Waals surface area contributed by atoms with Crippen LogP contribution in [0.25, 0.3) is 22.3 Å². The number of aromatic nitrogens is 3. The zero-order valence-corrected chi connectivity index (χ0v) is 21.6. The minimum absolute atomic E-state index is 0.0153. The number of H-pyrrole nitrogens is 1. The zero-order valence-electron chi connectivity index (χ0n) is 21.6. The largest absolute Gasteiger partial charge is 0.492 e. The quantitative estimate of drug-likeness (QED) is 0.371. The third-order valence-electron chi connectivity index (χ3n) is 7.25. The Morgan fingerprint density at radius 2 is 2.03 bits per heavy atom. The molecule has 2 aromatic heterocycles. The molecule has 1 aliphatic carbocycles. The number of fused-ring (bicyclic) bond motifs is 1. The van der Waals surface area contributed by atoms with Crippen molar-refractivity contribution in [3.8, 4) is 17.0 Å². The Labute approximate surface area is 219 Å².